The number of guanidine groups is 1. The normalized spacial score (nSPS) is 22.5. The quantitative estimate of drug-likeness (QED) is 0.359. The Hall–Kier alpha value is -0.900. The van der Waals surface area contributed by atoms with E-state index in [0.717, 1.165) is 19.6 Å². The minimum atomic E-state index is 0. The van der Waals surface area contributed by atoms with Crippen LogP contribution in [-0.2, 0) is 22.6 Å². The lowest BCUT2D eigenvalue weighted by molar-refractivity contribution is -0.0705. The summed E-state index contributed by atoms with van der Waals surface area (Å²) in [5.74, 6) is 0.452. The highest BCUT2D eigenvalue weighted by molar-refractivity contribution is 14.0. The van der Waals surface area contributed by atoms with Crippen molar-refractivity contribution in [2.45, 2.75) is 52.1 Å². The van der Waals surface area contributed by atoms with Crippen molar-refractivity contribution in [3.05, 3.63) is 35.4 Å². The van der Waals surface area contributed by atoms with Crippen LogP contribution in [0, 0.1) is 0 Å². The summed E-state index contributed by atoms with van der Waals surface area (Å²) < 4.78 is 10.9. The van der Waals surface area contributed by atoms with Crippen LogP contribution in [0.15, 0.2) is 29.3 Å². The largest absolute Gasteiger partial charge is 0.383 e. The topological polar surface area (TPSA) is 72.1 Å². The van der Waals surface area contributed by atoms with Gasteiger partial charge in [0.25, 0.3) is 0 Å². The van der Waals surface area contributed by atoms with Crippen LogP contribution in [0.4, 0.5) is 0 Å². The van der Waals surface area contributed by atoms with Crippen LogP contribution < -0.4 is 11.1 Å². The molecule has 3 unspecified atom stereocenters. The first-order valence-electron chi connectivity index (χ1n) is 8.98. The van der Waals surface area contributed by atoms with Crippen LogP contribution in [0.25, 0.3) is 0 Å². The van der Waals surface area contributed by atoms with Crippen LogP contribution in [0.5, 0.6) is 0 Å². The van der Waals surface area contributed by atoms with Gasteiger partial charge in [0.2, 0.25) is 0 Å². The zero-order chi connectivity index (χ0) is 18.2. The van der Waals surface area contributed by atoms with E-state index in [1.54, 1.807) is 7.11 Å². The minimum absolute atomic E-state index is 0. The molecule has 1 aromatic carbocycles. The summed E-state index contributed by atoms with van der Waals surface area (Å²) in [5.41, 5.74) is 8.48. The van der Waals surface area contributed by atoms with Crippen molar-refractivity contribution in [1.29, 1.82) is 0 Å². The van der Waals surface area contributed by atoms with E-state index in [2.05, 4.69) is 53.3 Å². The molecule has 1 aliphatic heterocycles. The second-order valence-electron chi connectivity index (χ2n) is 6.92. The van der Waals surface area contributed by atoms with Gasteiger partial charge in [0, 0.05) is 32.8 Å². The lowest BCUT2D eigenvalue weighted by atomic mass is 10.1. The summed E-state index contributed by atoms with van der Waals surface area (Å²) in [6.45, 7) is 10.3. The van der Waals surface area contributed by atoms with Gasteiger partial charge < -0.3 is 20.5 Å². The maximum Gasteiger partial charge on any atom is 0.189 e. The van der Waals surface area contributed by atoms with Crippen molar-refractivity contribution in [2.24, 2.45) is 10.7 Å². The van der Waals surface area contributed by atoms with E-state index in [4.69, 9.17) is 15.2 Å². The summed E-state index contributed by atoms with van der Waals surface area (Å²) in [6.07, 6.45) is 0.548. The van der Waals surface area contributed by atoms with Crippen molar-refractivity contribution in [3.63, 3.8) is 0 Å². The molecule has 0 spiro atoms. The van der Waals surface area contributed by atoms with Crippen LogP contribution >= 0.6 is 24.0 Å². The van der Waals surface area contributed by atoms with Gasteiger partial charge in [-0.3, -0.25) is 4.90 Å². The molecule has 26 heavy (non-hydrogen) atoms. The Bertz CT molecular complexity index is 560. The number of aliphatic imine (C=N–C) groups is 1. The molecule has 3 N–H and O–H groups in total. The molecule has 0 amide bonds. The van der Waals surface area contributed by atoms with Crippen LogP contribution in [0.3, 0.4) is 0 Å². The lowest BCUT2D eigenvalue weighted by Gasteiger charge is -2.35. The molecule has 6 nitrogen and oxygen atoms in total. The monoisotopic (exact) mass is 476 g/mol. The lowest BCUT2D eigenvalue weighted by Crippen LogP contribution is -2.44. The second kappa shape index (κ2) is 11.7. The third kappa shape index (κ3) is 7.77. The number of nitrogens with zero attached hydrogens (tertiary/aromatic N) is 2. The van der Waals surface area contributed by atoms with Crippen molar-refractivity contribution in [1.82, 2.24) is 10.2 Å². The van der Waals surface area contributed by atoms with Gasteiger partial charge in [-0.25, -0.2) is 4.99 Å². The third-order valence-corrected chi connectivity index (χ3v) is 4.24. The maximum atomic E-state index is 5.98. The molecule has 1 aromatic rings. The standard InChI is InChI=1S/C19H32N4O2.HI/c1-14(13-24-4)22-19(20)21-9-17-7-5-6-8-18(17)12-23-10-15(2)25-16(3)11-23;/h5-8,14-16H,9-13H2,1-4H3,(H3,20,21,22);1H. The van der Waals surface area contributed by atoms with Crippen molar-refractivity contribution >= 4 is 29.9 Å². The number of morpholine rings is 1. The molecular formula is C19H33IN4O2. The molecule has 2 rings (SSSR count). The van der Waals surface area contributed by atoms with Gasteiger partial charge in [-0.2, -0.15) is 0 Å². The molecule has 1 saturated heterocycles. The number of halogens is 1. The minimum Gasteiger partial charge on any atom is -0.383 e. The summed E-state index contributed by atoms with van der Waals surface area (Å²) >= 11 is 0. The highest BCUT2D eigenvalue weighted by Gasteiger charge is 2.22. The van der Waals surface area contributed by atoms with E-state index in [1.807, 2.05) is 6.92 Å². The molecule has 0 aliphatic carbocycles. The Morgan fingerprint density at radius 3 is 2.54 bits per heavy atom. The number of nitrogens with one attached hydrogen (secondary N) is 1. The molecule has 3 atom stereocenters. The Labute approximate surface area is 174 Å². The fraction of sp³-hybridized carbons (Fsp3) is 0.632. The van der Waals surface area contributed by atoms with E-state index in [9.17, 15) is 0 Å². The first-order chi connectivity index (χ1) is 12.0. The SMILES string of the molecule is COCC(C)NC(N)=NCc1ccccc1CN1CC(C)OC(C)C1.I. The Kier molecular flexibility index (Phi) is 10.4. The zero-order valence-electron chi connectivity index (χ0n) is 16.3. The number of rotatable bonds is 7. The van der Waals surface area contributed by atoms with Crippen LogP contribution in [0.2, 0.25) is 0 Å². The van der Waals surface area contributed by atoms with E-state index >= 15 is 0 Å². The van der Waals surface area contributed by atoms with E-state index in [1.165, 1.54) is 11.1 Å². The molecule has 148 valence electrons. The number of benzene rings is 1. The van der Waals surface area contributed by atoms with E-state index in [0.29, 0.717) is 19.1 Å². The molecule has 1 fully saturated rings. The van der Waals surface area contributed by atoms with Gasteiger partial charge in [-0.05, 0) is 31.9 Å². The van der Waals surface area contributed by atoms with Gasteiger partial charge >= 0.3 is 0 Å². The molecule has 1 heterocycles. The summed E-state index contributed by atoms with van der Waals surface area (Å²) in [4.78, 5) is 6.93. The first kappa shape index (κ1) is 23.1. The number of ether oxygens (including phenoxy) is 2. The Balaban J connectivity index is 0.00000338. The summed E-state index contributed by atoms with van der Waals surface area (Å²) in [5, 5.41) is 3.14. The second-order valence-corrected chi connectivity index (χ2v) is 6.92. The average Bonchev–Trinajstić information content (AvgIpc) is 2.53. The van der Waals surface area contributed by atoms with Gasteiger partial charge in [0.1, 0.15) is 0 Å². The smallest absolute Gasteiger partial charge is 0.189 e. The van der Waals surface area contributed by atoms with E-state index < -0.39 is 0 Å². The first-order valence-corrected chi connectivity index (χ1v) is 8.98. The molecule has 0 aromatic heterocycles. The van der Waals surface area contributed by atoms with E-state index in [-0.39, 0.29) is 42.2 Å². The molecule has 0 radical (unpaired) electrons. The van der Waals surface area contributed by atoms with Gasteiger partial charge in [0.15, 0.2) is 5.96 Å². The van der Waals surface area contributed by atoms with Crippen LogP contribution in [0.1, 0.15) is 31.9 Å². The third-order valence-electron chi connectivity index (χ3n) is 4.24. The Morgan fingerprint density at radius 1 is 1.31 bits per heavy atom. The zero-order valence-corrected chi connectivity index (χ0v) is 18.6. The number of hydrogen-bond donors (Lipinski definition) is 2. The molecule has 7 heteroatoms. The van der Waals surface area contributed by atoms with Gasteiger partial charge in [0.05, 0.1) is 25.4 Å². The predicted molar refractivity (Wildman–Crippen MR) is 117 cm³/mol. The molecule has 0 bridgehead atoms. The van der Waals surface area contributed by atoms with Crippen molar-refractivity contribution in [2.75, 3.05) is 26.8 Å². The number of hydrogen-bond acceptors (Lipinski definition) is 4. The Morgan fingerprint density at radius 2 is 1.92 bits per heavy atom. The van der Waals surface area contributed by atoms with Gasteiger partial charge in [-0.15, -0.1) is 24.0 Å². The fourth-order valence-corrected chi connectivity index (χ4v) is 3.28. The van der Waals surface area contributed by atoms with Crippen LogP contribution in [-0.4, -0.2) is 55.9 Å². The highest BCUT2D eigenvalue weighted by Crippen LogP contribution is 2.17. The average molecular weight is 476 g/mol. The molecule has 1 aliphatic rings. The number of nitrogens with two attached hydrogens (primary N) is 1. The highest BCUT2D eigenvalue weighted by atomic mass is 127. The maximum absolute atomic E-state index is 5.98. The number of methoxy groups -OCH3 is 1. The van der Waals surface area contributed by atoms with Crippen molar-refractivity contribution < 1.29 is 9.47 Å². The summed E-state index contributed by atoms with van der Waals surface area (Å²) in [6, 6.07) is 8.57. The fourth-order valence-electron chi connectivity index (χ4n) is 3.28. The van der Waals surface area contributed by atoms with Gasteiger partial charge in [-0.1, -0.05) is 24.3 Å². The predicted octanol–water partition coefficient (Wildman–Crippen LogP) is 2.35. The summed E-state index contributed by atoms with van der Waals surface area (Å²) in [7, 11) is 1.68. The van der Waals surface area contributed by atoms with Crippen molar-refractivity contribution in [3.8, 4) is 0 Å². The molecular weight excluding hydrogens is 443 g/mol. The molecule has 0 saturated carbocycles.